The number of carbonyl (C=O) groups is 1. The number of nitrogens with zero attached hydrogens (tertiary/aromatic N) is 1. The van der Waals surface area contributed by atoms with E-state index in [1.54, 1.807) is 6.92 Å². The maximum atomic E-state index is 10.9. The molecule has 1 aromatic carbocycles. The van der Waals surface area contributed by atoms with Gasteiger partial charge in [-0.1, -0.05) is 33.2 Å². The number of hydrogen-bond donors (Lipinski definition) is 0. The van der Waals surface area contributed by atoms with Crippen molar-refractivity contribution in [2.45, 2.75) is 20.0 Å². The summed E-state index contributed by atoms with van der Waals surface area (Å²) in [5, 5.41) is 3.90. The van der Waals surface area contributed by atoms with Crippen molar-refractivity contribution in [2.24, 2.45) is 5.16 Å². The van der Waals surface area contributed by atoms with Crippen LogP contribution in [0.3, 0.4) is 0 Å². The highest BCUT2D eigenvalue weighted by Crippen LogP contribution is 2.14. The second-order valence-electron chi connectivity index (χ2n) is 3.42. The molecule has 0 N–H and O–H groups in total. The summed E-state index contributed by atoms with van der Waals surface area (Å²) >= 11 is 3.35. The molecular formula is C12H14BrNO3. The fourth-order valence-electron chi connectivity index (χ4n) is 1.39. The van der Waals surface area contributed by atoms with E-state index in [0.717, 1.165) is 10.0 Å². The number of esters is 1. The van der Waals surface area contributed by atoms with Crippen LogP contribution < -0.4 is 0 Å². The van der Waals surface area contributed by atoms with Gasteiger partial charge in [0, 0.05) is 17.0 Å². The van der Waals surface area contributed by atoms with Crippen LogP contribution in [0.2, 0.25) is 0 Å². The Morgan fingerprint density at radius 2 is 1.94 bits per heavy atom. The summed E-state index contributed by atoms with van der Waals surface area (Å²) in [6.07, 6.45) is -0.450. The van der Waals surface area contributed by atoms with Crippen LogP contribution in [0.25, 0.3) is 0 Å². The molecule has 0 aromatic heterocycles. The molecule has 0 spiro atoms. The number of halogens is 1. The van der Waals surface area contributed by atoms with Gasteiger partial charge in [-0.2, -0.15) is 0 Å². The van der Waals surface area contributed by atoms with Crippen LogP contribution in [0, 0.1) is 0 Å². The van der Waals surface area contributed by atoms with Crippen molar-refractivity contribution in [3.8, 4) is 0 Å². The van der Waals surface area contributed by atoms with Crippen LogP contribution in [0.1, 0.15) is 19.4 Å². The van der Waals surface area contributed by atoms with Gasteiger partial charge in [0.25, 0.3) is 0 Å². The molecule has 1 rings (SSSR count). The van der Waals surface area contributed by atoms with Crippen LogP contribution in [-0.2, 0) is 14.4 Å². The molecule has 0 aliphatic carbocycles. The van der Waals surface area contributed by atoms with Gasteiger partial charge >= 0.3 is 5.97 Å². The van der Waals surface area contributed by atoms with E-state index >= 15 is 0 Å². The molecule has 1 atom stereocenters. The Morgan fingerprint density at radius 1 is 1.35 bits per heavy atom. The SMILES string of the molecule is CON=C(c1ccc(Br)cc1)C(C)OC(C)=O. The van der Waals surface area contributed by atoms with Crippen molar-refractivity contribution >= 4 is 27.6 Å². The van der Waals surface area contributed by atoms with Crippen molar-refractivity contribution in [2.75, 3.05) is 7.11 Å². The number of ether oxygens (including phenoxy) is 1. The molecule has 0 heterocycles. The van der Waals surface area contributed by atoms with Crippen molar-refractivity contribution < 1.29 is 14.4 Å². The van der Waals surface area contributed by atoms with E-state index in [1.165, 1.54) is 14.0 Å². The fraction of sp³-hybridized carbons (Fsp3) is 0.333. The molecule has 1 aromatic rings. The quantitative estimate of drug-likeness (QED) is 0.488. The van der Waals surface area contributed by atoms with Crippen LogP contribution in [0.5, 0.6) is 0 Å². The summed E-state index contributed by atoms with van der Waals surface area (Å²) in [5.41, 5.74) is 1.43. The lowest BCUT2D eigenvalue weighted by atomic mass is 10.1. The first-order valence-corrected chi connectivity index (χ1v) is 5.88. The van der Waals surface area contributed by atoms with Gasteiger partial charge in [-0.05, 0) is 19.1 Å². The zero-order valence-electron chi connectivity index (χ0n) is 9.94. The van der Waals surface area contributed by atoms with Gasteiger partial charge in [-0.25, -0.2) is 0 Å². The van der Waals surface area contributed by atoms with Gasteiger partial charge in [0.05, 0.1) is 0 Å². The summed E-state index contributed by atoms with van der Waals surface area (Å²) in [6, 6.07) is 7.53. The van der Waals surface area contributed by atoms with Gasteiger partial charge in [-0.3, -0.25) is 4.79 Å². The summed E-state index contributed by atoms with van der Waals surface area (Å²) in [4.78, 5) is 15.7. The number of rotatable bonds is 4. The van der Waals surface area contributed by atoms with Crippen LogP contribution >= 0.6 is 15.9 Å². The molecule has 0 fully saturated rings. The summed E-state index contributed by atoms with van der Waals surface area (Å²) in [7, 11) is 1.46. The van der Waals surface area contributed by atoms with Crippen molar-refractivity contribution in [1.29, 1.82) is 0 Å². The molecular weight excluding hydrogens is 286 g/mol. The largest absolute Gasteiger partial charge is 0.456 e. The van der Waals surface area contributed by atoms with E-state index in [0.29, 0.717) is 5.71 Å². The number of carbonyl (C=O) groups excluding carboxylic acids is 1. The Morgan fingerprint density at radius 3 is 2.41 bits per heavy atom. The highest BCUT2D eigenvalue weighted by atomic mass is 79.9. The number of hydrogen-bond acceptors (Lipinski definition) is 4. The van der Waals surface area contributed by atoms with Gasteiger partial charge in [0.2, 0.25) is 0 Å². The van der Waals surface area contributed by atoms with Crippen LogP contribution in [0.4, 0.5) is 0 Å². The average molecular weight is 300 g/mol. The lowest BCUT2D eigenvalue weighted by Gasteiger charge is -2.14. The topological polar surface area (TPSA) is 47.9 Å². The zero-order valence-corrected chi connectivity index (χ0v) is 11.5. The standard InChI is InChI=1S/C12H14BrNO3/c1-8(17-9(2)15)12(14-16-3)10-4-6-11(13)7-5-10/h4-8H,1-3H3. The van der Waals surface area contributed by atoms with E-state index in [-0.39, 0.29) is 5.97 Å². The number of oxime groups is 1. The second-order valence-corrected chi connectivity index (χ2v) is 4.33. The van der Waals surface area contributed by atoms with Gasteiger partial charge < -0.3 is 9.57 Å². The zero-order chi connectivity index (χ0) is 12.8. The molecule has 1 unspecified atom stereocenters. The van der Waals surface area contributed by atoms with E-state index in [2.05, 4.69) is 21.1 Å². The number of benzene rings is 1. The molecule has 0 aliphatic rings. The summed E-state index contributed by atoms with van der Waals surface area (Å²) in [6.45, 7) is 3.11. The third-order valence-corrected chi connectivity index (χ3v) is 2.59. The molecule has 0 saturated carbocycles. The van der Waals surface area contributed by atoms with Crippen LogP contribution in [0.15, 0.2) is 33.9 Å². The molecule has 17 heavy (non-hydrogen) atoms. The predicted molar refractivity (Wildman–Crippen MR) is 68.9 cm³/mol. The van der Waals surface area contributed by atoms with Crippen LogP contribution in [-0.4, -0.2) is 24.9 Å². The summed E-state index contributed by atoms with van der Waals surface area (Å²) in [5.74, 6) is -0.349. The van der Waals surface area contributed by atoms with E-state index < -0.39 is 6.10 Å². The smallest absolute Gasteiger partial charge is 0.303 e. The van der Waals surface area contributed by atoms with Crippen molar-refractivity contribution in [1.82, 2.24) is 0 Å². The third-order valence-electron chi connectivity index (χ3n) is 2.06. The molecule has 5 heteroatoms. The average Bonchev–Trinajstić information content (AvgIpc) is 2.26. The van der Waals surface area contributed by atoms with Crippen molar-refractivity contribution in [3.63, 3.8) is 0 Å². The Kier molecular flexibility index (Phi) is 5.15. The third kappa shape index (κ3) is 4.19. The molecule has 4 nitrogen and oxygen atoms in total. The maximum Gasteiger partial charge on any atom is 0.303 e. The molecule has 0 bridgehead atoms. The first-order valence-electron chi connectivity index (χ1n) is 5.08. The highest BCUT2D eigenvalue weighted by Gasteiger charge is 2.16. The molecule has 0 aliphatic heterocycles. The highest BCUT2D eigenvalue weighted by molar-refractivity contribution is 9.10. The lowest BCUT2D eigenvalue weighted by molar-refractivity contribution is -0.142. The van der Waals surface area contributed by atoms with E-state index in [9.17, 15) is 4.79 Å². The van der Waals surface area contributed by atoms with E-state index in [4.69, 9.17) is 9.57 Å². The monoisotopic (exact) mass is 299 g/mol. The Hall–Kier alpha value is -1.36. The van der Waals surface area contributed by atoms with E-state index in [1.807, 2.05) is 24.3 Å². The lowest BCUT2D eigenvalue weighted by Crippen LogP contribution is -2.24. The first-order chi connectivity index (χ1) is 8.04. The summed E-state index contributed by atoms with van der Waals surface area (Å²) < 4.78 is 6.06. The molecule has 0 saturated heterocycles. The van der Waals surface area contributed by atoms with Crippen molar-refractivity contribution in [3.05, 3.63) is 34.3 Å². The normalized spacial score (nSPS) is 13.1. The Bertz CT molecular complexity index is 414. The van der Waals surface area contributed by atoms with Gasteiger partial charge in [0.15, 0.2) is 0 Å². The molecule has 0 radical (unpaired) electrons. The molecule has 0 amide bonds. The Balaban J connectivity index is 2.97. The molecule has 92 valence electrons. The minimum absolute atomic E-state index is 0.349. The predicted octanol–water partition coefficient (Wildman–Crippen LogP) is 2.75. The minimum Gasteiger partial charge on any atom is -0.456 e. The van der Waals surface area contributed by atoms with Gasteiger partial charge in [-0.15, -0.1) is 0 Å². The second kappa shape index (κ2) is 6.39. The Labute approximate surface area is 109 Å². The fourth-order valence-corrected chi connectivity index (χ4v) is 1.65. The minimum atomic E-state index is -0.450. The van der Waals surface area contributed by atoms with Gasteiger partial charge in [0.1, 0.15) is 18.9 Å². The maximum absolute atomic E-state index is 10.9. The first kappa shape index (κ1) is 13.7.